The molecule has 0 saturated carbocycles. The van der Waals surface area contributed by atoms with E-state index in [0.29, 0.717) is 0 Å². The van der Waals surface area contributed by atoms with Crippen molar-refractivity contribution in [1.29, 1.82) is 0 Å². The molecule has 0 bridgehead atoms. The zero-order valence-electron chi connectivity index (χ0n) is 18.1. The first kappa shape index (κ1) is 19.3. The van der Waals surface area contributed by atoms with Crippen molar-refractivity contribution < 1.29 is 18.3 Å². The third-order valence-electron chi connectivity index (χ3n) is 5.65. The maximum Gasteiger partial charge on any atom is 0.155 e. The van der Waals surface area contributed by atoms with E-state index < -0.39 is 0 Å². The van der Waals surface area contributed by atoms with Crippen LogP contribution in [0.15, 0.2) is 86.3 Å². The molecule has 33 heavy (non-hydrogen) atoms. The first-order valence-electron chi connectivity index (χ1n) is 10.5. The van der Waals surface area contributed by atoms with Gasteiger partial charge in [-0.3, -0.25) is 0 Å². The molecule has 0 atom stereocenters. The highest BCUT2D eigenvalue weighted by Gasteiger charge is 2.12. The van der Waals surface area contributed by atoms with Gasteiger partial charge in [0.05, 0.1) is 25.4 Å². The summed E-state index contributed by atoms with van der Waals surface area (Å²) in [4.78, 5) is 8.07. The Kier molecular flexibility index (Phi) is 4.43. The van der Waals surface area contributed by atoms with E-state index in [-0.39, 0.29) is 0 Å². The Bertz CT molecular complexity index is 1550. The molecule has 0 radical (unpaired) electrons. The molecule has 162 valence electrons. The fourth-order valence-electron chi connectivity index (χ4n) is 3.94. The highest BCUT2D eigenvalue weighted by Crippen LogP contribution is 2.30. The molecular weight excluding hydrogens is 416 g/mol. The molecular formula is C27H20N2O4. The van der Waals surface area contributed by atoms with Gasteiger partial charge in [-0.25, -0.2) is 4.99 Å². The highest BCUT2D eigenvalue weighted by molar-refractivity contribution is 5.83. The standard InChI is InChI=1S/C27H20N2O4/c1-30-20-7-3-16(4-8-20)24-14-22-26(32-24)12-18(28-22)11-19-13-27-23(29-19)15-25(33-27)17-5-9-21(31-2)10-6-17/h3-15,28H,1-2H3. The number of rotatable bonds is 5. The molecule has 0 unspecified atom stereocenters. The van der Waals surface area contributed by atoms with Crippen molar-refractivity contribution in [2.45, 2.75) is 0 Å². The van der Waals surface area contributed by atoms with Gasteiger partial charge in [0, 0.05) is 41.1 Å². The Labute approximate surface area is 189 Å². The Morgan fingerprint density at radius 1 is 0.788 bits per heavy atom. The predicted octanol–water partition coefficient (Wildman–Crippen LogP) is 5.16. The number of allylic oxidation sites excluding steroid dienone is 1. The summed E-state index contributed by atoms with van der Waals surface area (Å²) in [5, 5.41) is 0.823. The van der Waals surface area contributed by atoms with Gasteiger partial charge in [-0.2, -0.15) is 0 Å². The van der Waals surface area contributed by atoms with E-state index in [1.807, 2.05) is 78.9 Å². The molecule has 2 aromatic carbocycles. The Morgan fingerprint density at radius 3 is 2.00 bits per heavy atom. The van der Waals surface area contributed by atoms with Crippen LogP contribution < -0.4 is 20.2 Å². The van der Waals surface area contributed by atoms with Gasteiger partial charge in [-0.15, -0.1) is 0 Å². The largest absolute Gasteiger partial charge is 0.497 e. The number of aromatic nitrogens is 1. The summed E-state index contributed by atoms with van der Waals surface area (Å²) in [6, 6.07) is 21.5. The van der Waals surface area contributed by atoms with E-state index >= 15 is 0 Å². The number of hydrogen-bond donors (Lipinski definition) is 1. The van der Waals surface area contributed by atoms with E-state index in [1.165, 1.54) is 0 Å². The molecule has 0 aliphatic carbocycles. The van der Waals surface area contributed by atoms with Gasteiger partial charge in [0.1, 0.15) is 28.4 Å². The summed E-state index contributed by atoms with van der Waals surface area (Å²) >= 11 is 0. The van der Waals surface area contributed by atoms with Crippen LogP contribution in [0.5, 0.6) is 11.5 Å². The zero-order valence-corrected chi connectivity index (χ0v) is 18.1. The minimum absolute atomic E-state index is 0.754. The molecule has 6 heteroatoms. The van der Waals surface area contributed by atoms with Crippen LogP contribution >= 0.6 is 0 Å². The summed E-state index contributed by atoms with van der Waals surface area (Å²) in [6.07, 6.45) is 3.92. The smallest absolute Gasteiger partial charge is 0.155 e. The van der Waals surface area contributed by atoms with Gasteiger partial charge in [0.25, 0.3) is 0 Å². The van der Waals surface area contributed by atoms with Gasteiger partial charge < -0.3 is 23.3 Å². The number of ether oxygens (including phenoxy) is 2. The average molecular weight is 436 g/mol. The number of hydrogen-bond acceptors (Lipinski definition) is 5. The fourth-order valence-corrected chi connectivity index (χ4v) is 3.94. The summed E-state index contributed by atoms with van der Waals surface area (Å²) in [5.41, 5.74) is 6.20. The monoisotopic (exact) mass is 436 g/mol. The van der Waals surface area contributed by atoms with Gasteiger partial charge >= 0.3 is 0 Å². The number of nitrogens with one attached hydrogen (secondary N) is 1. The van der Waals surface area contributed by atoms with Crippen molar-refractivity contribution in [3.05, 3.63) is 88.9 Å². The summed E-state index contributed by atoms with van der Waals surface area (Å²) < 4.78 is 22.5. The van der Waals surface area contributed by atoms with Crippen LogP contribution in [0.25, 0.3) is 45.9 Å². The van der Waals surface area contributed by atoms with Crippen molar-refractivity contribution in [1.82, 2.24) is 4.98 Å². The number of H-pyrrole nitrogens is 1. The van der Waals surface area contributed by atoms with Crippen LogP contribution in [0, 0.1) is 0 Å². The van der Waals surface area contributed by atoms with E-state index in [0.717, 1.165) is 67.4 Å². The molecule has 0 fully saturated rings. The topological polar surface area (TPSA) is 72.9 Å². The lowest BCUT2D eigenvalue weighted by Gasteiger charge is -2.00. The normalized spacial score (nSPS) is 13.7. The van der Waals surface area contributed by atoms with Crippen LogP contribution in [0.1, 0.15) is 5.69 Å². The van der Waals surface area contributed by atoms with Crippen molar-refractivity contribution in [3.8, 4) is 34.1 Å². The lowest BCUT2D eigenvalue weighted by molar-refractivity contribution is 0.414. The SMILES string of the molecule is COc1ccc(-c2cc3c(o2)=CC(=Cc2cc4oc(-c5ccc(OC)cc5)cc4[nH]2)N=3)cc1. The first-order chi connectivity index (χ1) is 16.2. The first-order valence-corrected chi connectivity index (χ1v) is 10.5. The Hall–Kier alpha value is -4.45. The lowest BCUT2D eigenvalue weighted by atomic mass is 10.2. The number of fused-ring (bicyclic) bond motifs is 2. The molecule has 0 spiro atoms. The summed E-state index contributed by atoms with van der Waals surface area (Å²) in [7, 11) is 3.31. The Morgan fingerprint density at radius 2 is 1.42 bits per heavy atom. The summed E-state index contributed by atoms with van der Waals surface area (Å²) in [6.45, 7) is 0. The fraction of sp³-hybridized carbons (Fsp3) is 0.0741. The van der Waals surface area contributed by atoms with E-state index in [1.54, 1.807) is 14.2 Å². The quantitative estimate of drug-likeness (QED) is 0.413. The number of nitrogens with zero attached hydrogens (tertiary/aromatic N) is 1. The van der Waals surface area contributed by atoms with Gasteiger partial charge in [-0.05, 0) is 54.6 Å². The molecule has 6 rings (SSSR count). The second-order valence-electron chi connectivity index (χ2n) is 7.76. The number of aromatic amines is 1. The summed E-state index contributed by atoms with van der Waals surface area (Å²) in [5.74, 6) is 3.22. The molecule has 3 aromatic heterocycles. The molecule has 6 nitrogen and oxygen atoms in total. The van der Waals surface area contributed by atoms with Crippen molar-refractivity contribution >= 4 is 23.3 Å². The van der Waals surface area contributed by atoms with Crippen LogP contribution in [0.4, 0.5) is 0 Å². The van der Waals surface area contributed by atoms with Crippen molar-refractivity contribution in [2.75, 3.05) is 14.2 Å². The van der Waals surface area contributed by atoms with Gasteiger partial charge in [0.15, 0.2) is 11.0 Å². The average Bonchev–Trinajstić information content (AvgIpc) is 3.59. The number of methoxy groups -OCH3 is 2. The van der Waals surface area contributed by atoms with Crippen LogP contribution in [0.3, 0.4) is 0 Å². The predicted molar refractivity (Wildman–Crippen MR) is 126 cm³/mol. The van der Waals surface area contributed by atoms with E-state index in [4.69, 9.17) is 18.3 Å². The van der Waals surface area contributed by atoms with Gasteiger partial charge in [0.2, 0.25) is 0 Å². The van der Waals surface area contributed by atoms with E-state index in [9.17, 15) is 0 Å². The van der Waals surface area contributed by atoms with Crippen LogP contribution in [-0.4, -0.2) is 19.2 Å². The molecule has 1 aliphatic rings. The van der Waals surface area contributed by atoms with Crippen molar-refractivity contribution in [2.24, 2.45) is 4.99 Å². The minimum atomic E-state index is 0.754. The minimum Gasteiger partial charge on any atom is -0.497 e. The van der Waals surface area contributed by atoms with Crippen LogP contribution in [0.2, 0.25) is 0 Å². The molecule has 1 N–H and O–H groups in total. The molecule has 0 saturated heterocycles. The van der Waals surface area contributed by atoms with Crippen molar-refractivity contribution in [3.63, 3.8) is 0 Å². The maximum absolute atomic E-state index is 6.03. The highest BCUT2D eigenvalue weighted by atomic mass is 16.5. The second-order valence-corrected chi connectivity index (χ2v) is 7.76. The number of benzene rings is 2. The van der Waals surface area contributed by atoms with Crippen LogP contribution in [-0.2, 0) is 0 Å². The number of furan rings is 2. The van der Waals surface area contributed by atoms with Gasteiger partial charge in [-0.1, -0.05) is 0 Å². The molecule has 0 amide bonds. The molecule has 1 aliphatic heterocycles. The third kappa shape index (κ3) is 3.51. The third-order valence-corrected chi connectivity index (χ3v) is 5.65. The molecule has 5 aromatic rings. The zero-order chi connectivity index (χ0) is 22.4. The lowest BCUT2D eigenvalue weighted by Crippen LogP contribution is -2.14. The Balaban J connectivity index is 1.25. The van der Waals surface area contributed by atoms with E-state index in [2.05, 4.69) is 9.98 Å². The maximum atomic E-state index is 6.03. The second kappa shape index (κ2) is 7.60. The molecule has 4 heterocycles.